The summed E-state index contributed by atoms with van der Waals surface area (Å²) in [4.78, 5) is 22.1. The number of carbonyl (C=O) groups is 1. The summed E-state index contributed by atoms with van der Waals surface area (Å²) in [5.41, 5.74) is 8.11. The maximum absolute atomic E-state index is 15.6. The minimum atomic E-state index is -0.430. The molecule has 1 aliphatic heterocycles. The van der Waals surface area contributed by atoms with Crippen LogP contribution in [0.15, 0.2) is 41.4 Å². The highest BCUT2D eigenvalue weighted by molar-refractivity contribution is 6.05. The van der Waals surface area contributed by atoms with Crippen LogP contribution in [-0.4, -0.2) is 55.4 Å². The zero-order valence-corrected chi connectivity index (χ0v) is 27.4. The first-order chi connectivity index (χ1) is 22.2. The van der Waals surface area contributed by atoms with E-state index in [1.807, 2.05) is 69.8 Å². The van der Waals surface area contributed by atoms with Gasteiger partial charge in [0.2, 0.25) is 5.90 Å². The normalized spacial score (nSPS) is 13.3. The van der Waals surface area contributed by atoms with Gasteiger partial charge in [-0.05, 0) is 91.8 Å². The molecular formula is C36H40FN5O4. The summed E-state index contributed by atoms with van der Waals surface area (Å²) in [6.07, 6.45) is 5.46. The number of aliphatic imine (C=N–C) groups is 1. The Bertz CT molecular complexity index is 1910. The number of pyridine rings is 1. The van der Waals surface area contributed by atoms with E-state index in [-0.39, 0.29) is 6.42 Å². The number of aromatic nitrogens is 2. The monoisotopic (exact) mass is 625 g/mol. The van der Waals surface area contributed by atoms with Gasteiger partial charge in [0, 0.05) is 60.8 Å². The number of esters is 1. The number of rotatable bonds is 9. The second kappa shape index (κ2) is 13.6. The summed E-state index contributed by atoms with van der Waals surface area (Å²) in [5.74, 6) is 0.413. The fourth-order valence-corrected chi connectivity index (χ4v) is 6.13. The van der Waals surface area contributed by atoms with Gasteiger partial charge in [-0.25, -0.2) is 9.37 Å². The summed E-state index contributed by atoms with van der Waals surface area (Å²) in [6.45, 7) is 6.33. The van der Waals surface area contributed by atoms with Crippen LogP contribution in [0.3, 0.4) is 0 Å². The smallest absolute Gasteiger partial charge is 0.310 e. The van der Waals surface area contributed by atoms with Crippen molar-refractivity contribution < 1.29 is 23.4 Å². The minimum absolute atomic E-state index is 0.0218. The number of nitrogens with zero attached hydrogens (tertiary/aromatic N) is 3. The first-order valence-electron chi connectivity index (χ1n) is 15.4. The molecule has 240 valence electrons. The second-order valence-corrected chi connectivity index (χ2v) is 11.2. The lowest BCUT2D eigenvalue weighted by molar-refractivity contribution is -0.139. The third kappa shape index (κ3) is 5.87. The molecule has 0 saturated heterocycles. The van der Waals surface area contributed by atoms with Crippen molar-refractivity contribution in [1.82, 2.24) is 9.55 Å². The van der Waals surface area contributed by atoms with Crippen molar-refractivity contribution in [2.45, 2.75) is 46.5 Å². The molecule has 0 radical (unpaired) electrons. The van der Waals surface area contributed by atoms with Gasteiger partial charge < -0.3 is 29.5 Å². The number of carbonyl (C=O) groups excluding carboxylic acids is 1. The Morgan fingerprint density at radius 3 is 2.72 bits per heavy atom. The van der Waals surface area contributed by atoms with Crippen molar-refractivity contribution in [3.63, 3.8) is 0 Å². The van der Waals surface area contributed by atoms with Crippen molar-refractivity contribution in [2.24, 2.45) is 12.0 Å². The van der Waals surface area contributed by atoms with Gasteiger partial charge >= 0.3 is 5.97 Å². The highest BCUT2D eigenvalue weighted by Crippen LogP contribution is 2.42. The molecule has 0 bridgehead atoms. The molecule has 3 heterocycles. The van der Waals surface area contributed by atoms with Crippen molar-refractivity contribution in [3.05, 3.63) is 81.4 Å². The number of halogens is 1. The highest BCUT2D eigenvalue weighted by atomic mass is 19.1. The van der Waals surface area contributed by atoms with E-state index in [2.05, 4.69) is 10.3 Å². The number of allylic oxidation sites excluding steroid dienone is 1. The minimum Gasteiger partial charge on any atom is -0.490 e. The van der Waals surface area contributed by atoms with E-state index in [0.29, 0.717) is 65.0 Å². The molecule has 0 aliphatic carbocycles. The summed E-state index contributed by atoms with van der Waals surface area (Å²) in [6, 6.07) is 9.19. The number of fused-ring (bicyclic) bond motifs is 2. The third-order valence-corrected chi connectivity index (χ3v) is 8.52. The Kier molecular flexibility index (Phi) is 9.55. The predicted molar refractivity (Wildman–Crippen MR) is 181 cm³/mol. The van der Waals surface area contributed by atoms with Crippen LogP contribution >= 0.6 is 0 Å². The quantitative estimate of drug-likeness (QED) is 0.0904. The number of benzene rings is 2. The molecule has 10 heteroatoms. The van der Waals surface area contributed by atoms with Crippen molar-refractivity contribution in [1.29, 1.82) is 5.41 Å². The molecule has 0 spiro atoms. The molecule has 0 fully saturated rings. The van der Waals surface area contributed by atoms with Gasteiger partial charge in [0.05, 0.1) is 20.1 Å². The standard InChI is InChI=1S/C36H40FN5O4/c1-8-10-31(22-12-13-29(39-4)23(15-22)19-38)46-36(40-5)30-17-27-33(25-16-28(37)34-24(20(25)2)11-9-14-45-34)26(18-32(43)44-7)21(3)41-35(27)42(30)6/h10,12-13,15-17,19,38-39H,8-9,11,14,18H2,1-7H3/b31-10+,38-19?,40-36-. The largest absolute Gasteiger partial charge is 0.490 e. The molecule has 0 amide bonds. The summed E-state index contributed by atoms with van der Waals surface area (Å²) < 4.78 is 34.8. The molecule has 1 aliphatic rings. The predicted octanol–water partition coefficient (Wildman–Crippen LogP) is 6.92. The van der Waals surface area contributed by atoms with Crippen LogP contribution < -0.4 is 10.1 Å². The van der Waals surface area contributed by atoms with Crippen LogP contribution in [0.5, 0.6) is 5.75 Å². The van der Waals surface area contributed by atoms with E-state index >= 15 is 4.39 Å². The van der Waals surface area contributed by atoms with E-state index < -0.39 is 11.8 Å². The lowest BCUT2D eigenvalue weighted by Crippen LogP contribution is -2.13. The van der Waals surface area contributed by atoms with Gasteiger partial charge in [0.1, 0.15) is 17.1 Å². The summed E-state index contributed by atoms with van der Waals surface area (Å²) in [5, 5.41) is 11.7. The average Bonchev–Trinajstić information content (AvgIpc) is 3.39. The molecule has 2 aromatic carbocycles. The zero-order chi connectivity index (χ0) is 33.1. The van der Waals surface area contributed by atoms with Crippen molar-refractivity contribution >= 4 is 40.6 Å². The molecule has 4 aromatic rings. The van der Waals surface area contributed by atoms with Crippen LogP contribution in [0.4, 0.5) is 10.1 Å². The zero-order valence-electron chi connectivity index (χ0n) is 27.4. The van der Waals surface area contributed by atoms with Gasteiger partial charge in [-0.3, -0.25) is 9.79 Å². The van der Waals surface area contributed by atoms with Crippen LogP contribution in [0.25, 0.3) is 27.9 Å². The number of aryl methyl sites for hydroxylation is 2. The van der Waals surface area contributed by atoms with E-state index in [9.17, 15) is 4.79 Å². The Hall–Kier alpha value is -4.99. The molecule has 9 nitrogen and oxygen atoms in total. The van der Waals surface area contributed by atoms with E-state index in [0.717, 1.165) is 45.3 Å². The lowest BCUT2D eigenvalue weighted by atomic mass is 9.87. The summed E-state index contributed by atoms with van der Waals surface area (Å²) >= 11 is 0. The molecule has 0 atom stereocenters. The molecular weight excluding hydrogens is 585 g/mol. The third-order valence-electron chi connectivity index (χ3n) is 8.52. The number of nitrogens with one attached hydrogen (secondary N) is 2. The van der Waals surface area contributed by atoms with Crippen LogP contribution in [-0.2, 0) is 34.2 Å². The Labute approximate surface area is 268 Å². The number of anilines is 1. The Balaban J connectivity index is 1.71. The van der Waals surface area contributed by atoms with Crippen LogP contribution in [0.2, 0.25) is 0 Å². The van der Waals surface area contributed by atoms with E-state index in [1.54, 1.807) is 7.05 Å². The average molecular weight is 626 g/mol. The molecule has 2 N–H and O–H groups in total. The number of methoxy groups -OCH3 is 1. The number of hydrogen-bond acceptors (Lipinski definition) is 8. The molecule has 0 unspecified atom stereocenters. The van der Waals surface area contributed by atoms with Crippen molar-refractivity contribution in [3.8, 4) is 16.9 Å². The SMILES string of the molecule is CC/C=C(/O/C(=N\C)c1cc2c(-c3cc(F)c4c(c3C)CCCO4)c(CC(=O)OC)c(C)nc2n1C)c1ccc(NC)c(C=N)c1. The maximum atomic E-state index is 15.6. The topological polar surface area (TPSA) is 111 Å². The lowest BCUT2D eigenvalue weighted by Gasteiger charge is -2.23. The van der Waals surface area contributed by atoms with Crippen LogP contribution in [0, 0.1) is 25.1 Å². The molecule has 5 rings (SSSR count). The number of hydrogen-bond donors (Lipinski definition) is 2. The Morgan fingerprint density at radius 2 is 2.04 bits per heavy atom. The fraction of sp³-hybridized carbons (Fsp3) is 0.333. The molecule has 0 saturated carbocycles. The summed E-state index contributed by atoms with van der Waals surface area (Å²) in [7, 11) is 6.71. The van der Waals surface area contributed by atoms with Gasteiger partial charge in [-0.1, -0.05) is 6.92 Å². The first kappa shape index (κ1) is 32.4. The van der Waals surface area contributed by atoms with Gasteiger partial charge in [0.15, 0.2) is 11.6 Å². The molecule has 46 heavy (non-hydrogen) atoms. The van der Waals surface area contributed by atoms with Gasteiger partial charge in [-0.15, -0.1) is 0 Å². The number of ether oxygens (including phenoxy) is 3. The fourth-order valence-electron chi connectivity index (χ4n) is 6.13. The van der Waals surface area contributed by atoms with Crippen LogP contribution in [0.1, 0.15) is 59.0 Å². The van der Waals surface area contributed by atoms with Gasteiger partial charge in [-0.2, -0.15) is 0 Å². The van der Waals surface area contributed by atoms with Crippen molar-refractivity contribution in [2.75, 3.05) is 33.1 Å². The molecule has 2 aromatic heterocycles. The van der Waals surface area contributed by atoms with Gasteiger partial charge in [0.25, 0.3) is 0 Å². The second-order valence-electron chi connectivity index (χ2n) is 11.2. The highest BCUT2D eigenvalue weighted by Gasteiger charge is 2.27. The van der Waals surface area contributed by atoms with E-state index in [1.165, 1.54) is 19.4 Å². The Morgan fingerprint density at radius 1 is 1.26 bits per heavy atom. The van der Waals surface area contributed by atoms with E-state index in [4.69, 9.17) is 24.6 Å². The maximum Gasteiger partial charge on any atom is 0.310 e. The first-order valence-corrected chi connectivity index (χ1v) is 15.4.